The topological polar surface area (TPSA) is 99.2 Å². The summed E-state index contributed by atoms with van der Waals surface area (Å²) in [7, 11) is -3.81. The van der Waals surface area contributed by atoms with Crippen LogP contribution < -0.4 is 9.46 Å². The largest absolute Gasteiger partial charge is 0.485 e. The summed E-state index contributed by atoms with van der Waals surface area (Å²) < 4.78 is 35.0. The van der Waals surface area contributed by atoms with E-state index in [0.29, 0.717) is 23.4 Å². The molecule has 3 atom stereocenters. The molecule has 42 heavy (non-hydrogen) atoms. The first-order valence-corrected chi connectivity index (χ1v) is 16.1. The van der Waals surface area contributed by atoms with E-state index in [2.05, 4.69) is 21.8 Å². The van der Waals surface area contributed by atoms with Gasteiger partial charge in [0.1, 0.15) is 17.5 Å². The van der Waals surface area contributed by atoms with Gasteiger partial charge in [-0.2, -0.15) is 0 Å². The second-order valence-corrected chi connectivity index (χ2v) is 13.7. The maximum absolute atomic E-state index is 13.9. The fraction of sp³-hybridized carbons (Fsp3) is 0.424. The van der Waals surface area contributed by atoms with Crippen molar-refractivity contribution in [3.05, 3.63) is 95.1 Å². The molecule has 0 aromatic heterocycles. The Bertz CT molecular complexity index is 1530. The van der Waals surface area contributed by atoms with Gasteiger partial charge in [-0.25, -0.2) is 13.1 Å². The number of benzene rings is 3. The number of carbonyl (C=O) groups excluding carboxylic acids is 1. The lowest BCUT2D eigenvalue weighted by molar-refractivity contribution is -0.0571. The van der Waals surface area contributed by atoms with E-state index < -0.39 is 27.6 Å². The minimum absolute atomic E-state index is 0.0383. The molecule has 1 saturated heterocycles. The normalized spacial score (nSPS) is 21.9. The molecule has 0 aliphatic carbocycles. The number of aliphatic hydroxyl groups excluding tert-OH is 1. The molecule has 0 bridgehead atoms. The van der Waals surface area contributed by atoms with E-state index >= 15 is 0 Å². The molecule has 1 unspecified atom stereocenters. The van der Waals surface area contributed by atoms with Gasteiger partial charge in [-0.3, -0.25) is 9.69 Å². The molecule has 5 rings (SSSR count). The number of hydrogen-bond donors (Lipinski definition) is 2. The molecule has 2 heterocycles. The summed E-state index contributed by atoms with van der Waals surface area (Å²) in [6.07, 6.45) is -0.101. The molecule has 0 saturated carbocycles. The molecule has 3 aromatic carbocycles. The summed E-state index contributed by atoms with van der Waals surface area (Å²) in [5.41, 5.74) is 2.27. The molecule has 8 nitrogen and oxygen atoms in total. The van der Waals surface area contributed by atoms with Gasteiger partial charge < -0.3 is 14.7 Å². The van der Waals surface area contributed by atoms with Crippen LogP contribution >= 0.6 is 0 Å². The van der Waals surface area contributed by atoms with Gasteiger partial charge in [-0.1, -0.05) is 42.5 Å². The van der Waals surface area contributed by atoms with Crippen molar-refractivity contribution in [1.82, 2.24) is 14.5 Å². The van der Waals surface area contributed by atoms with Crippen molar-refractivity contribution >= 4 is 15.9 Å². The summed E-state index contributed by atoms with van der Waals surface area (Å²) in [4.78, 5) is 18.3. The molecular formula is C33H41N3O5S. The molecule has 3 aromatic rings. The second-order valence-electron chi connectivity index (χ2n) is 11.9. The van der Waals surface area contributed by atoms with E-state index in [1.54, 1.807) is 50.2 Å². The first-order valence-electron chi connectivity index (χ1n) is 14.6. The fourth-order valence-electron chi connectivity index (χ4n) is 6.13. The predicted molar refractivity (Wildman–Crippen MR) is 163 cm³/mol. The van der Waals surface area contributed by atoms with E-state index in [1.807, 2.05) is 43.0 Å². The summed E-state index contributed by atoms with van der Waals surface area (Å²) in [6, 6.07) is 22.4. The van der Waals surface area contributed by atoms with Crippen LogP contribution in [0.2, 0.25) is 0 Å². The van der Waals surface area contributed by atoms with Crippen LogP contribution in [-0.2, 0) is 16.6 Å². The minimum atomic E-state index is -3.81. The lowest BCUT2D eigenvalue weighted by Gasteiger charge is -2.42. The quantitative estimate of drug-likeness (QED) is 0.385. The molecule has 2 aliphatic rings. The Balaban J connectivity index is 1.35. The first kappa shape index (κ1) is 30.2. The molecule has 2 N–H and O–H groups in total. The zero-order chi connectivity index (χ0) is 30.1. The third kappa shape index (κ3) is 6.39. The van der Waals surface area contributed by atoms with E-state index in [0.717, 1.165) is 31.6 Å². The third-order valence-electron chi connectivity index (χ3n) is 8.45. The Morgan fingerprint density at radius 2 is 1.86 bits per heavy atom. The molecule has 1 amide bonds. The lowest BCUT2D eigenvalue weighted by Crippen LogP contribution is -2.51. The molecule has 224 valence electrons. The van der Waals surface area contributed by atoms with Crippen molar-refractivity contribution in [2.24, 2.45) is 0 Å². The highest BCUT2D eigenvalue weighted by Gasteiger charge is 2.43. The monoisotopic (exact) mass is 591 g/mol. The number of hydrogen-bond acceptors (Lipinski definition) is 6. The van der Waals surface area contributed by atoms with Gasteiger partial charge in [-0.05, 0) is 75.6 Å². The van der Waals surface area contributed by atoms with Crippen molar-refractivity contribution in [2.45, 2.75) is 69.2 Å². The predicted octanol–water partition coefficient (Wildman–Crippen LogP) is 4.33. The fourth-order valence-corrected chi connectivity index (χ4v) is 7.30. The van der Waals surface area contributed by atoms with Crippen LogP contribution in [0.3, 0.4) is 0 Å². The second kappa shape index (κ2) is 12.2. The van der Waals surface area contributed by atoms with E-state index in [9.17, 15) is 18.3 Å². The number of sulfonamides is 1. The number of aliphatic hydroxyl groups is 1. The Labute approximate surface area is 249 Å². The highest BCUT2D eigenvalue weighted by molar-refractivity contribution is 7.89. The number of fused-ring (bicyclic) bond motifs is 1. The van der Waals surface area contributed by atoms with E-state index in [-0.39, 0.29) is 23.4 Å². The van der Waals surface area contributed by atoms with E-state index in [1.165, 1.54) is 5.56 Å². The van der Waals surface area contributed by atoms with Crippen molar-refractivity contribution in [3.8, 4) is 5.75 Å². The molecular weight excluding hydrogens is 550 g/mol. The van der Waals surface area contributed by atoms with Gasteiger partial charge in [0.15, 0.2) is 0 Å². The van der Waals surface area contributed by atoms with Crippen LogP contribution in [0.1, 0.15) is 60.2 Å². The minimum Gasteiger partial charge on any atom is -0.485 e. The maximum atomic E-state index is 13.9. The number of likely N-dealkylation sites (N-methyl/N-ethyl adjacent to an activating group) is 1. The number of nitrogens with zero attached hydrogens (tertiary/aromatic N) is 2. The van der Waals surface area contributed by atoms with Gasteiger partial charge in [0.2, 0.25) is 10.0 Å². The Morgan fingerprint density at radius 1 is 1.10 bits per heavy atom. The molecule has 0 spiro atoms. The third-order valence-corrected chi connectivity index (χ3v) is 9.88. The number of aryl methyl sites for hydroxylation is 1. The van der Waals surface area contributed by atoms with Gasteiger partial charge in [0.25, 0.3) is 5.91 Å². The van der Waals surface area contributed by atoms with Gasteiger partial charge in [0.05, 0.1) is 4.90 Å². The number of nitrogens with one attached hydrogen (secondary N) is 1. The van der Waals surface area contributed by atoms with Gasteiger partial charge in [0, 0.05) is 55.8 Å². The van der Waals surface area contributed by atoms with Gasteiger partial charge in [-0.15, -0.1) is 0 Å². The zero-order valence-corrected chi connectivity index (χ0v) is 25.6. The van der Waals surface area contributed by atoms with Crippen LogP contribution in [0.15, 0.2) is 77.7 Å². The Morgan fingerprint density at radius 3 is 2.57 bits per heavy atom. The van der Waals surface area contributed by atoms with Crippen LogP contribution in [0.4, 0.5) is 0 Å². The average molecular weight is 592 g/mol. The summed E-state index contributed by atoms with van der Waals surface area (Å²) in [6.45, 7) is 10.5. The zero-order valence-electron chi connectivity index (χ0n) is 24.8. The van der Waals surface area contributed by atoms with Crippen molar-refractivity contribution < 1.29 is 23.1 Å². The number of rotatable bonds is 9. The van der Waals surface area contributed by atoms with Crippen LogP contribution in [-0.4, -0.2) is 73.2 Å². The SMILES string of the molecule is CCN(C(=O)c1ccc2c(c1)[C@@H](CNS(=O)(=O)c1cccc(C)c1)[C@H](O)C(C)(C)O2)C1CCN(Cc2ccccc2)C1. The molecule has 0 radical (unpaired) electrons. The summed E-state index contributed by atoms with van der Waals surface area (Å²) in [5.74, 6) is -0.149. The Hall–Kier alpha value is -3.24. The highest BCUT2D eigenvalue weighted by atomic mass is 32.2. The molecule has 1 fully saturated rings. The summed E-state index contributed by atoms with van der Waals surface area (Å²) in [5, 5.41) is 11.3. The van der Waals surface area contributed by atoms with Crippen LogP contribution in [0, 0.1) is 6.92 Å². The summed E-state index contributed by atoms with van der Waals surface area (Å²) >= 11 is 0. The highest BCUT2D eigenvalue weighted by Crippen LogP contribution is 2.41. The van der Waals surface area contributed by atoms with Crippen molar-refractivity contribution in [1.29, 1.82) is 0 Å². The van der Waals surface area contributed by atoms with Crippen LogP contribution in [0.5, 0.6) is 5.75 Å². The van der Waals surface area contributed by atoms with E-state index in [4.69, 9.17) is 4.74 Å². The average Bonchev–Trinajstić information content (AvgIpc) is 3.41. The first-order chi connectivity index (χ1) is 20.0. The molecule has 2 aliphatic heterocycles. The standard InChI is InChI=1S/C33H41N3O5S/c1-5-36(26-16-17-35(22-26)21-24-11-7-6-8-12-24)32(38)25-14-15-30-28(19-25)29(31(37)33(3,4)41-30)20-34-42(39,40)27-13-9-10-23(2)18-27/h6-15,18-19,26,29,31,34,37H,5,16-17,20-22H2,1-4H3/t26?,29-,31+/m1/s1. The van der Waals surface area contributed by atoms with Crippen LogP contribution in [0.25, 0.3) is 0 Å². The van der Waals surface area contributed by atoms with Crippen molar-refractivity contribution in [3.63, 3.8) is 0 Å². The smallest absolute Gasteiger partial charge is 0.254 e. The number of likely N-dealkylation sites (tertiary alicyclic amines) is 1. The maximum Gasteiger partial charge on any atom is 0.254 e. The number of ether oxygens (including phenoxy) is 1. The Kier molecular flexibility index (Phi) is 8.76. The van der Waals surface area contributed by atoms with Gasteiger partial charge >= 0.3 is 0 Å². The lowest BCUT2D eigenvalue weighted by atomic mass is 9.81. The number of amides is 1. The molecule has 9 heteroatoms. The number of carbonyl (C=O) groups is 1. The van der Waals surface area contributed by atoms with Crippen molar-refractivity contribution in [2.75, 3.05) is 26.2 Å².